The van der Waals surface area contributed by atoms with E-state index < -0.39 is 29.6 Å². The summed E-state index contributed by atoms with van der Waals surface area (Å²) in [6.07, 6.45) is 3.52. The number of hydrogen-bond acceptors (Lipinski definition) is 5. The molecule has 3 rings (SSSR count). The highest BCUT2D eigenvalue weighted by molar-refractivity contribution is 8.18. The number of thioether (sulfide) groups is 1. The number of amides is 3. The first-order valence-corrected chi connectivity index (χ1v) is 9.77. The number of benzene rings is 2. The summed E-state index contributed by atoms with van der Waals surface area (Å²) < 4.78 is 0. The van der Waals surface area contributed by atoms with Crippen LogP contribution in [0, 0.1) is 0 Å². The number of nitrogens with one attached hydrogen (secondary N) is 1. The Bertz CT molecular complexity index is 1060. The Hall–Kier alpha value is -3.65. The van der Waals surface area contributed by atoms with Crippen LogP contribution in [0.3, 0.4) is 0 Å². The predicted octanol–water partition coefficient (Wildman–Crippen LogP) is 4.01. The summed E-state index contributed by atoms with van der Waals surface area (Å²) in [5, 5.41) is 10.9. The number of carbonyl (C=O) groups excluding carboxylic acids is 3. The molecule has 1 fully saturated rings. The van der Waals surface area contributed by atoms with Gasteiger partial charge in [-0.3, -0.25) is 19.3 Å². The van der Waals surface area contributed by atoms with E-state index in [0.29, 0.717) is 5.69 Å². The van der Waals surface area contributed by atoms with E-state index >= 15 is 0 Å². The topological polar surface area (TPSA) is 104 Å². The maximum absolute atomic E-state index is 12.6. The number of carboxylic acids is 1. The van der Waals surface area contributed by atoms with Crippen molar-refractivity contribution >= 4 is 46.5 Å². The molecule has 3 amide bonds. The molecule has 7 nitrogen and oxygen atoms in total. The van der Waals surface area contributed by atoms with Gasteiger partial charge in [-0.2, -0.15) is 0 Å². The smallest absolute Gasteiger partial charge is 0.335 e. The van der Waals surface area contributed by atoms with E-state index in [-0.39, 0.29) is 10.5 Å². The molecular formula is C22H18N2O5S. The Balaban J connectivity index is 1.65. The van der Waals surface area contributed by atoms with E-state index in [1.165, 1.54) is 24.3 Å². The van der Waals surface area contributed by atoms with E-state index in [0.717, 1.165) is 27.8 Å². The lowest BCUT2D eigenvalue weighted by Gasteiger charge is -2.12. The molecule has 0 spiro atoms. The molecule has 0 aromatic heterocycles. The van der Waals surface area contributed by atoms with Gasteiger partial charge in [0, 0.05) is 5.69 Å². The van der Waals surface area contributed by atoms with Gasteiger partial charge in [-0.15, -0.1) is 0 Å². The monoisotopic (exact) mass is 422 g/mol. The molecule has 8 heteroatoms. The van der Waals surface area contributed by atoms with Gasteiger partial charge in [-0.1, -0.05) is 36.4 Å². The van der Waals surface area contributed by atoms with Gasteiger partial charge in [0.1, 0.15) is 6.54 Å². The SMILES string of the molecule is CC(=C\c1ccccc1)/C=C1/SC(=O)N(CC(=O)Nc2ccc(C(=O)O)cc2)C1=O. The molecule has 2 aromatic carbocycles. The van der Waals surface area contributed by atoms with Crippen molar-refractivity contribution in [1.82, 2.24) is 4.90 Å². The second-order valence-corrected chi connectivity index (χ2v) is 7.49. The van der Waals surface area contributed by atoms with Gasteiger partial charge in [-0.25, -0.2) is 4.79 Å². The van der Waals surface area contributed by atoms with Gasteiger partial charge in [-0.05, 0) is 60.2 Å². The number of imide groups is 1. The first kappa shape index (κ1) is 21.1. The Labute approximate surface area is 177 Å². The van der Waals surface area contributed by atoms with E-state index in [2.05, 4.69) is 5.32 Å². The maximum Gasteiger partial charge on any atom is 0.335 e. The van der Waals surface area contributed by atoms with Crippen molar-refractivity contribution in [2.24, 2.45) is 0 Å². The van der Waals surface area contributed by atoms with Crippen LogP contribution in [-0.2, 0) is 9.59 Å². The molecule has 1 saturated heterocycles. The summed E-state index contributed by atoms with van der Waals surface area (Å²) in [5.74, 6) is -2.16. The molecule has 0 saturated carbocycles. The van der Waals surface area contributed by atoms with Crippen molar-refractivity contribution in [3.8, 4) is 0 Å². The third kappa shape index (κ3) is 5.24. The van der Waals surface area contributed by atoms with Crippen LogP contribution in [0.25, 0.3) is 6.08 Å². The van der Waals surface area contributed by atoms with Gasteiger partial charge in [0.15, 0.2) is 0 Å². The minimum Gasteiger partial charge on any atom is -0.478 e. The molecule has 30 heavy (non-hydrogen) atoms. The van der Waals surface area contributed by atoms with E-state index in [9.17, 15) is 19.2 Å². The molecule has 1 aliphatic rings. The van der Waals surface area contributed by atoms with Crippen molar-refractivity contribution in [2.45, 2.75) is 6.92 Å². The Kier molecular flexibility index (Phi) is 6.48. The van der Waals surface area contributed by atoms with E-state index in [4.69, 9.17) is 5.11 Å². The van der Waals surface area contributed by atoms with Crippen LogP contribution in [0.2, 0.25) is 0 Å². The molecule has 2 aromatic rings. The highest BCUT2D eigenvalue weighted by atomic mass is 32.2. The minimum atomic E-state index is -1.07. The molecule has 0 bridgehead atoms. The molecule has 152 valence electrons. The number of anilines is 1. The quantitative estimate of drug-likeness (QED) is 0.682. The lowest BCUT2D eigenvalue weighted by atomic mass is 10.1. The second-order valence-electron chi connectivity index (χ2n) is 6.50. The zero-order valence-corrected chi connectivity index (χ0v) is 16.8. The van der Waals surface area contributed by atoms with Gasteiger partial charge in [0.2, 0.25) is 5.91 Å². The highest BCUT2D eigenvalue weighted by Gasteiger charge is 2.36. The molecule has 0 atom stereocenters. The van der Waals surface area contributed by atoms with Crippen LogP contribution in [-0.4, -0.2) is 39.6 Å². The average molecular weight is 422 g/mol. The summed E-state index contributed by atoms with van der Waals surface area (Å²) in [4.78, 5) is 49.0. The number of carbonyl (C=O) groups is 4. The van der Waals surface area contributed by atoms with E-state index in [1.54, 1.807) is 6.08 Å². The number of carboxylic acid groups (broad SMARTS) is 1. The first-order chi connectivity index (χ1) is 14.3. The van der Waals surface area contributed by atoms with Crippen LogP contribution in [0.5, 0.6) is 0 Å². The fourth-order valence-electron chi connectivity index (χ4n) is 2.74. The summed E-state index contributed by atoms with van der Waals surface area (Å²) in [6.45, 7) is 1.40. The standard InChI is InChI=1S/C22H18N2O5S/c1-14(11-15-5-3-2-4-6-15)12-18-20(26)24(22(29)30-18)13-19(25)23-17-9-7-16(8-10-17)21(27)28/h2-12H,13H2,1H3,(H,23,25)(H,27,28)/b14-11+,18-12+. The van der Waals surface area contributed by atoms with Crippen molar-refractivity contribution in [3.63, 3.8) is 0 Å². The van der Waals surface area contributed by atoms with Crippen LogP contribution in [0.1, 0.15) is 22.8 Å². The Morgan fingerprint density at radius 3 is 2.37 bits per heavy atom. The number of rotatable bonds is 6. The van der Waals surface area contributed by atoms with Crippen LogP contribution >= 0.6 is 11.8 Å². The molecule has 0 radical (unpaired) electrons. The zero-order chi connectivity index (χ0) is 21.7. The molecule has 1 aliphatic heterocycles. The maximum atomic E-state index is 12.6. The Morgan fingerprint density at radius 2 is 1.73 bits per heavy atom. The largest absolute Gasteiger partial charge is 0.478 e. The lowest BCUT2D eigenvalue weighted by Crippen LogP contribution is -2.36. The normalized spacial score (nSPS) is 15.6. The molecule has 0 aliphatic carbocycles. The number of nitrogens with zero attached hydrogens (tertiary/aromatic N) is 1. The number of allylic oxidation sites excluding steroid dienone is 2. The summed E-state index contributed by atoms with van der Waals surface area (Å²) >= 11 is 0.787. The van der Waals surface area contributed by atoms with Crippen molar-refractivity contribution in [3.05, 3.63) is 82.3 Å². The molecule has 2 N–H and O–H groups in total. The fourth-order valence-corrected chi connectivity index (χ4v) is 3.63. The van der Waals surface area contributed by atoms with Crippen LogP contribution in [0.15, 0.2) is 71.2 Å². The molecule has 1 heterocycles. The summed E-state index contributed by atoms with van der Waals surface area (Å²) in [6, 6.07) is 15.1. The zero-order valence-electron chi connectivity index (χ0n) is 16.0. The summed E-state index contributed by atoms with van der Waals surface area (Å²) in [5.41, 5.74) is 2.23. The van der Waals surface area contributed by atoms with Gasteiger partial charge in [0.05, 0.1) is 10.5 Å². The number of aromatic carboxylic acids is 1. The molecule has 0 unspecified atom stereocenters. The van der Waals surface area contributed by atoms with Gasteiger partial charge >= 0.3 is 5.97 Å². The minimum absolute atomic E-state index is 0.0861. The van der Waals surface area contributed by atoms with Crippen LogP contribution in [0.4, 0.5) is 10.5 Å². The molecular weight excluding hydrogens is 404 g/mol. The van der Waals surface area contributed by atoms with Crippen molar-refractivity contribution in [2.75, 3.05) is 11.9 Å². The first-order valence-electron chi connectivity index (χ1n) is 8.95. The highest BCUT2D eigenvalue weighted by Crippen LogP contribution is 2.31. The third-order valence-corrected chi connectivity index (χ3v) is 5.05. The predicted molar refractivity (Wildman–Crippen MR) is 115 cm³/mol. The Morgan fingerprint density at radius 1 is 1.07 bits per heavy atom. The van der Waals surface area contributed by atoms with Crippen LogP contribution < -0.4 is 5.32 Å². The van der Waals surface area contributed by atoms with E-state index in [1.807, 2.05) is 43.3 Å². The third-order valence-electron chi connectivity index (χ3n) is 4.14. The second kappa shape index (κ2) is 9.23. The van der Waals surface area contributed by atoms with Gasteiger partial charge < -0.3 is 10.4 Å². The van der Waals surface area contributed by atoms with Crippen molar-refractivity contribution < 1.29 is 24.3 Å². The fraction of sp³-hybridized carbons (Fsp3) is 0.0909. The lowest BCUT2D eigenvalue weighted by molar-refractivity contribution is -0.127. The van der Waals surface area contributed by atoms with Gasteiger partial charge in [0.25, 0.3) is 11.1 Å². The summed E-state index contributed by atoms with van der Waals surface area (Å²) in [7, 11) is 0. The average Bonchev–Trinajstić information content (AvgIpc) is 2.96. The number of hydrogen-bond donors (Lipinski definition) is 2. The van der Waals surface area contributed by atoms with Crippen molar-refractivity contribution in [1.29, 1.82) is 0 Å².